The van der Waals surface area contributed by atoms with Crippen LogP contribution in [0.2, 0.25) is 0 Å². The molecular formula is C24H20N4O4S2. The molecule has 1 aliphatic heterocycles. The Balaban J connectivity index is 1.47. The van der Waals surface area contributed by atoms with E-state index in [9.17, 15) is 19.7 Å². The molecule has 3 heterocycles. The summed E-state index contributed by atoms with van der Waals surface area (Å²) in [7, 11) is 0. The van der Waals surface area contributed by atoms with E-state index in [1.54, 1.807) is 30.4 Å². The number of amides is 2. The van der Waals surface area contributed by atoms with Crippen LogP contribution in [0, 0.1) is 10.1 Å². The largest absolute Gasteiger partial charge is 0.337 e. The number of anilines is 1. The molecule has 0 fully saturated rings. The van der Waals surface area contributed by atoms with Gasteiger partial charge >= 0.3 is 0 Å². The minimum Gasteiger partial charge on any atom is -0.337 e. The zero-order chi connectivity index (χ0) is 23.8. The number of aromatic nitrogens is 1. The topological polar surface area (TPSA) is 105 Å². The van der Waals surface area contributed by atoms with Crippen molar-refractivity contribution in [3.63, 3.8) is 0 Å². The van der Waals surface area contributed by atoms with Crippen LogP contribution in [0.25, 0.3) is 20.8 Å². The van der Waals surface area contributed by atoms with Gasteiger partial charge in [0.25, 0.3) is 5.69 Å². The number of nitrogens with zero attached hydrogens (tertiary/aromatic N) is 3. The van der Waals surface area contributed by atoms with Crippen LogP contribution in [-0.4, -0.2) is 33.2 Å². The first kappa shape index (κ1) is 22.2. The Morgan fingerprint density at radius 1 is 1.15 bits per heavy atom. The molecule has 0 radical (unpaired) electrons. The van der Waals surface area contributed by atoms with Gasteiger partial charge in [0.2, 0.25) is 11.8 Å². The van der Waals surface area contributed by atoms with E-state index in [-0.39, 0.29) is 23.9 Å². The molecule has 0 atom stereocenters. The quantitative estimate of drug-likeness (QED) is 0.311. The van der Waals surface area contributed by atoms with Crippen molar-refractivity contribution in [3.05, 3.63) is 74.6 Å². The number of fused-ring (bicyclic) bond motifs is 2. The summed E-state index contributed by atoms with van der Waals surface area (Å²) in [5.74, 6) is -0.178. The first-order valence-electron chi connectivity index (χ1n) is 10.7. The van der Waals surface area contributed by atoms with Crippen molar-refractivity contribution < 1.29 is 14.5 Å². The van der Waals surface area contributed by atoms with Crippen LogP contribution in [0.5, 0.6) is 0 Å². The van der Waals surface area contributed by atoms with Crippen molar-refractivity contribution in [1.29, 1.82) is 0 Å². The molecule has 172 valence electrons. The van der Waals surface area contributed by atoms with Gasteiger partial charge in [-0.1, -0.05) is 24.3 Å². The summed E-state index contributed by atoms with van der Waals surface area (Å²) < 4.78 is 1.07. The average Bonchev–Trinajstić information content (AvgIpc) is 3.39. The second-order valence-electron chi connectivity index (χ2n) is 8.03. The van der Waals surface area contributed by atoms with E-state index in [2.05, 4.69) is 5.32 Å². The van der Waals surface area contributed by atoms with Crippen LogP contribution in [0.1, 0.15) is 22.9 Å². The maximum atomic E-state index is 12.9. The number of thiophene rings is 1. The molecule has 2 amide bonds. The van der Waals surface area contributed by atoms with Gasteiger partial charge in [0.15, 0.2) is 0 Å². The number of hydrogen-bond acceptors (Lipinski definition) is 7. The van der Waals surface area contributed by atoms with Gasteiger partial charge in [-0.15, -0.1) is 22.7 Å². The molecule has 0 bridgehead atoms. The average molecular weight is 493 g/mol. The van der Waals surface area contributed by atoms with E-state index >= 15 is 0 Å². The van der Waals surface area contributed by atoms with Crippen molar-refractivity contribution in [2.75, 3.05) is 11.9 Å². The zero-order valence-corrected chi connectivity index (χ0v) is 19.9. The van der Waals surface area contributed by atoms with Gasteiger partial charge in [-0.05, 0) is 29.7 Å². The lowest BCUT2D eigenvalue weighted by molar-refractivity contribution is -0.384. The van der Waals surface area contributed by atoms with E-state index in [4.69, 9.17) is 4.98 Å². The lowest BCUT2D eigenvalue weighted by Gasteiger charge is -2.26. The third kappa shape index (κ3) is 4.29. The minimum absolute atomic E-state index is 0.0109. The Morgan fingerprint density at radius 3 is 2.62 bits per heavy atom. The number of non-ortho nitro benzene ring substituents is 1. The number of para-hydroxylation sites is 1. The van der Waals surface area contributed by atoms with E-state index in [1.807, 2.05) is 29.2 Å². The number of carbonyl (C=O) groups is 2. The predicted molar refractivity (Wildman–Crippen MR) is 133 cm³/mol. The Morgan fingerprint density at radius 2 is 1.91 bits per heavy atom. The van der Waals surface area contributed by atoms with E-state index in [0.29, 0.717) is 25.1 Å². The molecule has 8 nitrogen and oxygen atoms in total. The van der Waals surface area contributed by atoms with Gasteiger partial charge in [-0.3, -0.25) is 19.7 Å². The molecule has 0 aliphatic carbocycles. The molecule has 0 spiro atoms. The van der Waals surface area contributed by atoms with Crippen molar-refractivity contribution >= 4 is 55.4 Å². The van der Waals surface area contributed by atoms with Crippen LogP contribution in [0.15, 0.2) is 48.5 Å². The SMILES string of the molecule is CC(=O)N1CCc2c(sc(NC(=O)Cc3ccc([N+](=O)[O-])cc3)c2-c2nc3ccccc3s2)C1. The maximum absolute atomic E-state index is 12.9. The van der Waals surface area contributed by atoms with Crippen LogP contribution in [-0.2, 0) is 29.0 Å². The van der Waals surface area contributed by atoms with Crippen molar-refractivity contribution in [2.24, 2.45) is 0 Å². The summed E-state index contributed by atoms with van der Waals surface area (Å²) in [4.78, 5) is 43.0. The number of nitro benzene ring substituents is 1. The highest BCUT2D eigenvalue weighted by Crippen LogP contribution is 2.45. The molecular weight excluding hydrogens is 472 g/mol. The zero-order valence-electron chi connectivity index (χ0n) is 18.2. The highest BCUT2D eigenvalue weighted by molar-refractivity contribution is 7.22. The summed E-state index contributed by atoms with van der Waals surface area (Å²) in [6, 6.07) is 13.9. The molecule has 0 unspecified atom stereocenters. The van der Waals surface area contributed by atoms with E-state index < -0.39 is 4.92 Å². The number of benzene rings is 2. The number of hydrogen-bond donors (Lipinski definition) is 1. The van der Waals surface area contributed by atoms with Crippen molar-refractivity contribution in [1.82, 2.24) is 9.88 Å². The van der Waals surface area contributed by atoms with Gasteiger partial charge in [-0.2, -0.15) is 0 Å². The number of thiazole rings is 1. The summed E-state index contributed by atoms with van der Waals surface area (Å²) in [5.41, 5.74) is 3.65. The second kappa shape index (κ2) is 8.96. The third-order valence-electron chi connectivity index (χ3n) is 5.77. The number of nitro groups is 1. The molecule has 34 heavy (non-hydrogen) atoms. The third-order valence-corrected chi connectivity index (χ3v) is 7.96. The summed E-state index contributed by atoms with van der Waals surface area (Å²) in [5, 5.41) is 15.5. The summed E-state index contributed by atoms with van der Waals surface area (Å²) in [6.07, 6.45) is 0.800. The normalized spacial score (nSPS) is 13.0. The Kier molecular flexibility index (Phi) is 5.84. The van der Waals surface area contributed by atoms with Gasteiger partial charge in [-0.25, -0.2) is 4.98 Å². The molecule has 5 rings (SSSR count). The Bertz CT molecular complexity index is 1390. The molecule has 1 aliphatic rings. The lowest BCUT2D eigenvalue weighted by atomic mass is 10.0. The number of carbonyl (C=O) groups excluding carboxylic acids is 2. The highest BCUT2D eigenvalue weighted by Gasteiger charge is 2.28. The first-order valence-corrected chi connectivity index (χ1v) is 12.3. The number of nitrogens with one attached hydrogen (secondary N) is 1. The van der Waals surface area contributed by atoms with Gasteiger partial charge in [0, 0.05) is 36.0 Å². The second-order valence-corrected chi connectivity index (χ2v) is 10.2. The molecule has 2 aromatic carbocycles. The standard InChI is InChI=1S/C24H20N4O4S2/c1-14(29)27-11-10-17-20(13-27)34-24(22(17)23-25-18-4-2-3-5-19(18)33-23)26-21(30)12-15-6-8-16(9-7-15)28(31)32/h2-9H,10-13H2,1H3,(H,26,30). The lowest BCUT2D eigenvalue weighted by Crippen LogP contribution is -2.33. The van der Waals surface area contributed by atoms with Crippen LogP contribution in [0.3, 0.4) is 0 Å². The molecule has 10 heteroatoms. The number of rotatable bonds is 5. The fourth-order valence-electron chi connectivity index (χ4n) is 4.06. The molecule has 4 aromatic rings. The maximum Gasteiger partial charge on any atom is 0.269 e. The fraction of sp³-hybridized carbons (Fsp3) is 0.208. The summed E-state index contributed by atoms with van der Waals surface area (Å²) >= 11 is 3.07. The molecule has 1 N–H and O–H groups in total. The van der Waals surface area contributed by atoms with Crippen LogP contribution in [0.4, 0.5) is 10.7 Å². The van der Waals surface area contributed by atoms with Gasteiger partial charge in [0.1, 0.15) is 10.0 Å². The van der Waals surface area contributed by atoms with Gasteiger partial charge < -0.3 is 10.2 Å². The van der Waals surface area contributed by atoms with Crippen LogP contribution < -0.4 is 5.32 Å². The Labute approximate surface area is 203 Å². The first-order chi connectivity index (χ1) is 16.4. The van der Waals surface area contributed by atoms with E-state index in [1.165, 1.54) is 23.5 Å². The van der Waals surface area contributed by atoms with Crippen LogP contribution >= 0.6 is 22.7 Å². The predicted octanol–water partition coefficient (Wildman–Crippen LogP) is 5.02. The molecule has 2 aromatic heterocycles. The smallest absolute Gasteiger partial charge is 0.269 e. The van der Waals surface area contributed by atoms with Crippen molar-refractivity contribution in [3.8, 4) is 10.6 Å². The fourth-order valence-corrected chi connectivity index (χ4v) is 6.45. The molecule has 0 saturated carbocycles. The summed E-state index contributed by atoms with van der Waals surface area (Å²) in [6.45, 7) is 2.72. The van der Waals surface area contributed by atoms with E-state index in [0.717, 1.165) is 36.2 Å². The Hall–Kier alpha value is -3.63. The monoisotopic (exact) mass is 492 g/mol. The highest BCUT2D eigenvalue weighted by atomic mass is 32.1. The van der Waals surface area contributed by atoms with Crippen molar-refractivity contribution in [2.45, 2.75) is 26.3 Å². The molecule has 0 saturated heterocycles. The minimum atomic E-state index is -0.464. The van der Waals surface area contributed by atoms with Gasteiger partial charge in [0.05, 0.1) is 28.1 Å².